The van der Waals surface area contributed by atoms with E-state index in [1.807, 2.05) is 21.1 Å². The molecule has 87 heavy (non-hydrogen) atoms. The monoisotopic (exact) mass is 1230 g/mol. The highest BCUT2D eigenvalue weighted by atomic mass is 16.7. The predicted octanol–water partition coefficient (Wildman–Crippen LogP) is 23.7. The van der Waals surface area contributed by atoms with Crippen LogP contribution in [-0.4, -0.2) is 87.4 Å². The smallest absolute Gasteiger partial charge is 0.361 e. The molecule has 0 aromatic carbocycles. The Kier molecular flexibility index (Phi) is 67.0. The summed E-state index contributed by atoms with van der Waals surface area (Å²) in [5, 5.41) is 9.76. The molecule has 0 radical (unpaired) electrons. The minimum Gasteiger partial charge on any atom is -0.477 e. The van der Waals surface area contributed by atoms with Gasteiger partial charge in [-0.1, -0.05) is 358 Å². The van der Waals surface area contributed by atoms with E-state index in [0.29, 0.717) is 17.4 Å². The number of hydrogen-bond acceptors (Lipinski definition) is 7. The number of aliphatic carboxylic acids is 1. The highest BCUT2D eigenvalue weighted by Crippen LogP contribution is 2.19. The van der Waals surface area contributed by atoms with Crippen LogP contribution in [0.4, 0.5) is 0 Å². The van der Waals surface area contributed by atoms with E-state index in [1.54, 1.807) is 0 Å². The quantitative estimate of drug-likeness (QED) is 0.0211. The first-order chi connectivity index (χ1) is 42.6. The average molecular weight is 1230 g/mol. The summed E-state index contributed by atoms with van der Waals surface area (Å²) < 4.78 is 23.0. The summed E-state index contributed by atoms with van der Waals surface area (Å²) in [4.78, 5) is 37.7. The van der Waals surface area contributed by atoms with Gasteiger partial charge in [-0.05, 0) is 51.4 Å². The third kappa shape index (κ3) is 70.6. The third-order valence-electron chi connectivity index (χ3n) is 17.1. The Labute approximate surface area is 540 Å². The van der Waals surface area contributed by atoms with Gasteiger partial charge in [0.15, 0.2) is 6.10 Å². The molecular weight excluding hydrogens is 1080 g/mol. The fourth-order valence-corrected chi connectivity index (χ4v) is 11.4. The van der Waals surface area contributed by atoms with Crippen molar-refractivity contribution in [2.24, 2.45) is 0 Å². The summed E-state index contributed by atoms with van der Waals surface area (Å²) in [5.74, 6) is -1.97. The predicted molar refractivity (Wildman–Crippen MR) is 374 cm³/mol. The number of carboxylic acids is 1. The van der Waals surface area contributed by atoms with Crippen LogP contribution >= 0.6 is 0 Å². The molecule has 0 fully saturated rings. The van der Waals surface area contributed by atoms with Gasteiger partial charge in [0.1, 0.15) is 13.2 Å². The van der Waals surface area contributed by atoms with Crippen molar-refractivity contribution in [3.05, 3.63) is 48.6 Å². The van der Waals surface area contributed by atoms with Gasteiger partial charge in [0.2, 0.25) is 0 Å². The van der Waals surface area contributed by atoms with Gasteiger partial charge >= 0.3 is 17.9 Å². The van der Waals surface area contributed by atoms with Crippen LogP contribution in [0, 0.1) is 0 Å². The van der Waals surface area contributed by atoms with Crippen molar-refractivity contribution in [3.63, 3.8) is 0 Å². The number of nitrogens with zero attached hydrogens (tertiary/aromatic N) is 1. The van der Waals surface area contributed by atoms with Gasteiger partial charge < -0.3 is 28.5 Å². The van der Waals surface area contributed by atoms with Crippen LogP contribution in [0.5, 0.6) is 0 Å². The molecule has 0 aliphatic rings. The zero-order chi connectivity index (χ0) is 63.3. The Morgan fingerprint density at radius 1 is 0.356 bits per heavy atom. The number of carboxylic acid groups (broad SMARTS) is 1. The molecule has 9 heteroatoms. The van der Waals surface area contributed by atoms with Gasteiger partial charge in [0, 0.05) is 12.8 Å². The van der Waals surface area contributed by atoms with Crippen LogP contribution in [0.1, 0.15) is 373 Å². The first kappa shape index (κ1) is 84.2. The molecule has 0 spiro atoms. The molecule has 0 saturated heterocycles. The van der Waals surface area contributed by atoms with E-state index >= 15 is 0 Å². The Hall–Kier alpha value is -2.75. The SMILES string of the molecule is CC/C=C\C/C=C\C/C=C\C/C=C\CCCCCCCCCCCCCCCCCCCCCCC(=O)OC(COC(=O)CCCCCCCCCCCCCCCCCCCCCCCCCCCCCCC)COC(OCC[N+](C)(C)C)C(=O)O. The molecule has 2 atom stereocenters. The lowest BCUT2D eigenvalue weighted by atomic mass is 10.0. The molecule has 510 valence electrons. The van der Waals surface area contributed by atoms with Crippen LogP contribution in [0.3, 0.4) is 0 Å². The maximum Gasteiger partial charge on any atom is 0.361 e. The molecule has 0 amide bonds. The number of ether oxygens (including phenoxy) is 4. The lowest BCUT2D eigenvalue weighted by molar-refractivity contribution is -0.870. The molecule has 0 bridgehead atoms. The highest BCUT2D eigenvalue weighted by Gasteiger charge is 2.25. The Bertz CT molecular complexity index is 1570. The summed E-state index contributed by atoms with van der Waals surface area (Å²) in [5.41, 5.74) is 0. The van der Waals surface area contributed by atoms with E-state index in [0.717, 1.165) is 64.2 Å². The van der Waals surface area contributed by atoms with E-state index < -0.39 is 18.4 Å². The van der Waals surface area contributed by atoms with Gasteiger partial charge in [-0.25, -0.2) is 4.79 Å². The summed E-state index contributed by atoms with van der Waals surface area (Å²) >= 11 is 0. The van der Waals surface area contributed by atoms with Crippen LogP contribution < -0.4 is 0 Å². The van der Waals surface area contributed by atoms with Gasteiger partial charge in [-0.2, -0.15) is 0 Å². The maximum atomic E-state index is 13.0. The maximum absolute atomic E-state index is 13.0. The van der Waals surface area contributed by atoms with Crippen LogP contribution in [0.2, 0.25) is 0 Å². The number of allylic oxidation sites excluding steroid dienone is 8. The largest absolute Gasteiger partial charge is 0.477 e. The highest BCUT2D eigenvalue weighted by molar-refractivity contribution is 5.71. The summed E-state index contributed by atoms with van der Waals surface area (Å²) in [6.45, 7) is 4.84. The van der Waals surface area contributed by atoms with Crippen molar-refractivity contribution in [1.82, 2.24) is 0 Å². The molecular formula is C78H146NO8+. The fourth-order valence-electron chi connectivity index (χ4n) is 11.4. The van der Waals surface area contributed by atoms with Crippen molar-refractivity contribution in [2.75, 3.05) is 47.5 Å². The molecule has 0 aliphatic heterocycles. The van der Waals surface area contributed by atoms with Crippen molar-refractivity contribution in [1.29, 1.82) is 0 Å². The average Bonchev–Trinajstić information content (AvgIpc) is 3.59. The zero-order valence-electron chi connectivity index (χ0n) is 58.5. The number of hydrogen-bond donors (Lipinski definition) is 1. The topological polar surface area (TPSA) is 108 Å². The minimum atomic E-state index is -1.51. The second kappa shape index (κ2) is 69.1. The summed E-state index contributed by atoms with van der Waals surface area (Å²) in [7, 11) is 5.99. The Morgan fingerprint density at radius 2 is 0.655 bits per heavy atom. The normalized spacial score (nSPS) is 12.9. The molecule has 0 aliphatic carbocycles. The number of quaternary nitrogens is 1. The second-order valence-corrected chi connectivity index (χ2v) is 26.9. The first-order valence-electron chi connectivity index (χ1n) is 37.8. The van der Waals surface area contributed by atoms with E-state index in [1.165, 1.54) is 283 Å². The van der Waals surface area contributed by atoms with Gasteiger partial charge in [0.25, 0.3) is 6.29 Å². The molecule has 1 N–H and O–H groups in total. The lowest BCUT2D eigenvalue weighted by Crippen LogP contribution is -2.40. The van der Waals surface area contributed by atoms with Gasteiger partial charge in [0.05, 0.1) is 34.4 Å². The molecule has 0 aromatic heterocycles. The van der Waals surface area contributed by atoms with Gasteiger partial charge in [-0.3, -0.25) is 9.59 Å². The Balaban J connectivity index is 4.01. The lowest BCUT2D eigenvalue weighted by Gasteiger charge is -2.25. The molecule has 9 nitrogen and oxygen atoms in total. The van der Waals surface area contributed by atoms with Crippen LogP contribution in [0.25, 0.3) is 0 Å². The van der Waals surface area contributed by atoms with E-state index in [4.69, 9.17) is 18.9 Å². The number of carbonyl (C=O) groups excluding carboxylic acids is 2. The van der Waals surface area contributed by atoms with Crippen molar-refractivity contribution >= 4 is 17.9 Å². The van der Waals surface area contributed by atoms with Crippen molar-refractivity contribution in [2.45, 2.75) is 386 Å². The molecule has 0 aromatic rings. The minimum absolute atomic E-state index is 0.176. The fraction of sp³-hybridized carbons (Fsp3) is 0.859. The summed E-state index contributed by atoms with van der Waals surface area (Å²) in [6.07, 6.45) is 86.8. The number of rotatable bonds is 71. The second-order valence-electron chi connectivity index (χ2n) is 26.9. The molecule has 0 saturated carbocycles. The number of carbonyl (C=O) groups is 3. The third-order valence-corrected chi connectivity index (χ3v) is 17.1. The summed E-state index contributed by atoms with van der Waals surface area (Å²) in [6, 6.07) is 0. The first-order valence-corrected chi connectivity index (χ1v) is 37.8. The van der Waals surface area contributed by atoms with Crippen LogP contribution in [0.15, 0.2) is 48.6 Å². The zero-order valence-corrected chi connectivity index (χ0v) is 58.5. The molecule has 0 rings (SSSR count). The van der Waals surface area contributed by atoms with E-state index in [9.17, 15) is 19.5 Å². The molecule has 2 unspecified atom stereocenters. The Morgan fingerprint density at radius 3 is 0.977 bits per heavy atom. The van der Waals surface area contributed by atoms with Crippen molar-refractivity contribution in [3.8, 4) is 0 Å². The van der Waals surface area contributed by atoms with Crippen molar-refractivity contribution < 1.29 is 42.9 Å². The number of esters is 2. The van der Waals surface area contributed by atoms with Crippen LogP contribution in [-0.2, 0) is 33.3 Å². The van der Waals surface area contributed by atoms with E-state index in [2.05, 4.69) is 62.5 Å². The number of likely N-dealkylation sites (N-methyl/N-ethyl adjacent to an activating group) is 1. The number of unbranched alkanes of at least 4 members (excludes halogenated alkanes) is 48. The standard InChI is InChI=1S/C78H145NO8/c1-6-8-10-12-14-16-18-20-22-24-26-28-30-32-34-36-37-38-39-41-43-45-47-49-51-53-55-57-59-61-63-65-67-69-76(81)87-74(73-86-78(77(82)83)84-71-70-79(3,4)5)72-85-75(80)68-66-64-62-60-58-56-54-52-50-48-46-44-42-40-35-33-31-29-27-25-23-21-19-17-15-13-11-9-7-2/h8,10,14,16,20,22,26,28,74,78H,6-7,9,11-13,15,17-19,21,23-25,27,29-73H2,1-5H3/p+1/b10-8-,16-14-,22-20-,28-26-. The van der Waals surface area contributed by atoms with Gasteiger partial charge in [-0.15, -0.1) is 0 Å². The van der Waals surface area contributed by atoms with E-state index in [-0.39, 0.29) is 38.2 Å². The molecule has 0 heterocycles.